The van der Waals surface area contributed by atoms with Crippen LogP contribution in [-0.2, 0) is 20.0 Å². The molecule has 0 aliphatic rings. The highest BCUT2D eigenvalue weighted by Crippen LogP contribution is 2.48. The molecule has 1 aromatic rings. The topological polar surface area (TPSA) is 35.5 Å². The van der Waals surface area contributed by atoms with Gasteiger partial charge in [0, 0.05) is 0 Å². The molecule has 0 bridgehead atoms. The van der Waals surface area contributed by atoms with Crippen LogP contribution >= 0.6 is 7.60 Å². The summed E-state index contributed by atoms with van der Waals surface area (Å²) in [6.07, 6.45) is 2.48. The SMILES string of the molecule is CCCOP(=O)(OCCC)c1ccccc1CC. The summed E-state index contributed by atoms with van der Waals surface area (Å²) in [5.74, 6) is 0. The van der Waals surface area contributed by atoms with Gasteiger partial charge in [-0.1, -0.05) is 39.0 Å². The fourth-order valence-electron chi connectivity index (χ4n) is 1.68. The summed E-state index contributed by atoms with van der Waals surface area (Å²) in [4.78, 5) is 0. The zero-order valence-corrected chi connectivity index (χ0v) is 12.4. The average molecular weight is 270 g/mol. The Morgan fingerprint density at radius 1 is 1.00 bits per heavy atom. The number of rotatable bonds is 8. The van der Waals surface area contributed by atoms with E-state index in [1.165, 1.54) is 0 Å². The van der Waals surface area contributed by atoms with Gasteiger partial charge in [0.05, 0.1) is 18.5 Å². The maximum atomic E-state index is 12.9. The van der Waals surface area contributed by atoms with Gasteiger partial charge in [0.2, 0.25) is 0 Å². The van der Waals surface area contributed by atoms with Crippen molar-refractivity contribution in [2.45, 2.75) is 40.0 Å². The Labute approximate surface area is 110 Å². The van der Waals surface area contributed by atoms with Crippen molar-refractivity contribution in [3.8, 4) is 0 Å². The van der Waals surface area contributed by atoms with Crippen LogP contribution in [0.1, 0.15) is 39.2 Å². The first kappa shape index (κ1) is 15.4. The first-order chi connectivity index (χ1) is 8.68. The highest BCUT2D eigenvalue weighted by atomic mass is 31.2. The molecule has 0 amide bonds. The Morgan fingerprint density at radius 2 is 1.56 bits per heavy atom. The minimum absolute atomic E-state index is 0.457. The third-order valence-electron chi connectivity index (χ3n) is 2.60. The predicted octanol–water partition coefficient (Wildman–Crippen LogP) is 3.92. The molecule has 0 heterocycles. The minimum Gasteiger partial charge on any atom is -0.305 e. The van der Waals surface area contributed by atoms with E-state index in [9.17, 15) is 4.57 Å². The third kappa shape index (κ3) is 3.94. The molecule has 0 saturated carbocycles. The van der Waals surface area contributed by atoms with E-state index in [0.29, 0.717) is 13.2 Å². The second-order valence-electron chi connectivity index (χ2n) is 4.15. The molecule has 102 valence electrons. The maximum Gasteiger partial charge on any atom is 0.361 e. The van der Waals surface area contributed by atoms with Crippen LogP contribution in [0.15, 0.2) is 24.3 Å². The van der Waals surface area contributed by atoms with Gasteiger partial charge in [-0.15, -0.1) is 0 Å². The summed E-state index contributed by atoms with van der Waals surface area (Å²) in [7, 11) is -3.16. The number of aryl methyl sites for hydroxylation is 1. The molecule has 0 atom stereocenters. The fraction of sp³-hybridized carbons (Fsp3) is 0.571. The van der Waals surface area contributed by atoms with Gasteiger partial charge in [0.1, 0.15) is 0 Å². The average Bonchev–Trinajstić information content (AvgIpc) is 2.43. The minimum atomic E-state index is -3.16. The third-order valence-corrected chi connectivity index (χ3v) is 4.67. The lowest BCUT2D eigenvalue weighted by molar-refractivity contribution is 0.213. The van der Waals surface area contributed by atoms with Crippen molar-refractivity contribution in [3.05, 3.63) is 29.8 Å². The highest BCUT2D eigenvalue weighted by Gasteiger charge is 2.29. The largest absolute Gasteiger partial charge is 0.361 e. The predicted molar refractivity (Wildman–Crippen MR) is 75.5 cm³/mol. The summed E-state index contributed by atoms with van der Waals surface area (Å²) >= 11 is 0. The Hall–Kier alpha value is -0.630. The van der Waals surface area contributed by atoms with E-state index in [4.69, 9.17) is 9.05 Å². The van der Waals surface area contributed by atoms with Gasteiger partial charge >= 0.3 is 7.60 Å². The van der Waals surface area contributed by atoms with Crippen LogP contribution < -0.4 is 5.30 Å². The molecule has 4 heteroatoms. The fourth-order valence-corrected chi connectivity index (χ4v) is 3.73. The molecule has 0 spiro atoms. The van der Waals surface area contributed by atoms with Crippen molar-refractivity contribution < 1.29 is 13.6 Å². The molecule has 0 aromatic heterocycles. The van der Waals surface area contributed by atoms with E-state index in [2.05, 4.69) is 0 Å². The Morgan fingerprint density at radius 3 is 2.06 bits per heavy atom. The summed E-state index contributed by atoms with van der Waals surface area (Å²) in [5, 5.41) is 0.717. The monoisotopic (exact) mass is 270 g/mol. The molecule has 1 aromatic carbocycles. The molecule has 1 rings (SSSR count). The van der Waals surface area contributed by atoms with Crippen LogP contribution in [0, 0.1) is 0 Å². The van der Waals surface area contributed by atoms with Crippen molar-refractivity contribution in [1.82, 2.24) is 0 Å². The summed E-state index contributed by atoms with van der Waals surface area (Å²) < 4.78 is 24.0. The van der Waals surface area contributed by atoms with E-state index in [1.807, 2.05) is 45.0 Å². The molecule has 0 aliphatic heterocycles. The lowest BCUT2D eigenvalue weighted by Crippen LogP contribution is -2.15. The first-order valence-corrected chi connectivity index (χ1v) is 8.19. The molecular weight excluding hydrogens is 247 g/mol. The van der Waals surface area contributed by atoms with E-state index >= 15 is 0 Å². The van der Waals surface area contributed by atoms with E-state index in [-0.39, 0.29) is 0 Å². The molecule has 3 nitrogen and oxygen atoms in total. The van der Waals surface area contributed by atoms with Gasteiger partial charge in [-0.2, -0.15) is 0 Å². The molecule has 0 fully saturated rings. The second kappa shape index (κ2) is 7.73. The number of hydrogen-bond donors (Lipinski definition) is 0. The van der Waals surface area contributed by atoms with Crippen LogP contribution in [0.2, 0.25) is 0 Å². The standard InChI is InChI=1S/C14H23O3P/c1-4-11-16-18(15,17-12-5-2)14-10-8-7-9-13(14)6-3/h7-10H,4-6,11-12H2,1-3H3. The zero-order chi connectivity index (χ0) is 13.4. The lowest BCUT2D eigenvalue weighted by atomic mass is 10.2. The Balaban J connectivity index is 3.04. The van der Waals surface area contributed by atoms with Crippen LogP contribution in [0.3, 0.4) is 0 Å². The number of benzene rings is 1. The quantitative estimate of drug-likeness (QED) is 0.672. The van der Waals surface area contributed by atoms with Crippen molar-refractivity contribution >= 4 is 12.9 Å². The van der Waals surface area contributed by atoms with Crippen LogP contribution in [0.25, 0.3) is 0 Å². The van der Waals surface area contributed by atoms with Crippen molar-refractivity contribution in [2.24, 2.45) is 0 Å². The summed E-state index contributed by atoms with van der Waals surface area (Å²) in [5.41, 5.74) is 1.04. The molecule has 0 saturated heterocycles. The van der Waals surface area contributed by atoms with E-state index in [1.54, 1.807) is 0 Å². The smallest absolute Gasteiger partial charge is 0.305 e. The van der Waals surface area contributed by atoms with Gasteiger partial charge in [-0.05, 0) is 30.9 Å². The van der Waals surface area contributed by atoms with Crippen molar-refractivity contribution in [2.75, 3.05) is 13.2 Å². The van der Waals surface area contributed by atoms with Gasteiger partial charge < -0.3 is 9.05 Å². The van der Waals surface area contributed by atoms with E-state index < -0.39 is 7.60 Å². The van der Waals surface area contributed by atoms with Gasteiger partial charge in [0.15, 0.2) is 0 Å². The summed E-state index contributed by atoms with van der Waals surface area (Å²) in [6, 6.07) is 7.66. The van der Waals surface area contributed by atoms with Crippen LogP contribution in [0.5, 0.6) is 0 Å². The van der Waals surface area contributed by atoms with E-state index in [0.717, 1.165) is 30.1 Å². The second-order valence-corrected chi connectivity index (χ2v) is 6.14. The van der Waals surface area contributed by atoms with Gasteiger partial charge in [-0.25, -0.2) is 0 Å². The summed E-state index contributed by atoms with van der Waals surface area (Å²) in [6.45, 7) is 6.95. The molecule has 18 heavy (non-hydrogen) atoms. The molecule has 0 N–H and O–H groups in total. The maximum absolute atomic E-state index is 12.9. The van der Waals surface area contributed by atoms with Crippen LogP contribution in [-0.4, -0.2) is 13.2 Å². The molecule has 0 unspecified atom stereocenters. The van der Waals surface area contributed by atoms with Crippen molar-refractivity contribution in [3.63, 3.8) is 0 Å². The highest BCUT2D eigenvalue weighted by molar-refractivity contribution is 7.62. The van der Waals surface area contributed by atoms with Crippen LogP contribution in [0.4, 0.5) is 0 Å². The van der Waals surface area contributed by atoms with Crippen molar-refractivity contribution in [1.29, 1.82) is 0 Å². The molecule has 0 radical (unpaired) electrons. The molecule has 0 aliphatic carbocycles. The van der Waals surface area contributed by atoms with Gasteiger partial charge in [-0.3, -0.25) is 4.57 Å². The Bertz CT molecular complexity index is 392. The normalized spacial score (nSPS) is 11.7. The van der Waals surface area contributed by atoms with Gasteiger partial charge in [0.25, 0.3) is 0 Å². The number of hydrogen-bond acceptors (Lipinski definition) is 3. The Kier molecular flexibility index (Phi) is 6.62. The first-order valence-electron chi connectivity index (χ1n) is 6.65. The molecular formula is C14H23O3P. The lowest BCUT2D eigenvalue weighted by Gasteiger charge is -2.20. The zero-order valence-electron chi connectivity index (χ0n) is 11.5.